The molecule has 17 heavy (non-hydrogen) atoms. The number of hydrogen-bond acceptors (Lipinski definition) is 4. The van der Waals surface area contributed by atoms with Crippen LogP contribution in [-0.2, 0) is 9.53 Å². The monoisotopic (exact) mass is 297 g/mol. The lowest BCUT2D eigenvalue weighted by atomic mass is 10.4. The number of hydrogen-bond donors (Lipinski definition) is 0. The summed E-state index contributed by atoms with van der Waals surface area (Å²) in [5.41, 5.74) is 0. The van der Waals surface area contributed by atoms with Crippen molar-refractivity contribution in [3.63, 3.8) is 0 Å². The molecule has 0 aliphatic carbocycles. The first kappa shape index (κ1) is 14.4. The highest BCUT2D eigenvalue weighted by Gasteiger charge is 2.19. The normalized spacial score (nSPS) is 12.1. The van der Waals surface area contributed by atoms with Gasteiger partial charge >= 0.3 is 5.97 Å². The molecule has 0 saturated carbocycles. The molecule has 0 aromatic carbocycles. The van der Waals surface area contributed by atoms with Crippen molar-refractivity contribution in [3.8, 4) is 5.88 Å². The number of pyridine rings is 1. The van der Waals surface area contributed by atoms with E-state index in [9.17, 15) is 4.79 Å². The maximum absolute atomic E-state index is 11.3. The van der Waals surface area contributed by atoms with E-state index in [-0.39, 0.29) is 27.7 Å². The van der Waals surface area contributed by atoms with E-state index in [0.717, 1.165) is 0 Å². The fourth-order valence-electron chi connectivity index (χ4n) is 0.986. The fraction of sp³-hybridized carbons (Fsp3) is 0.400. The molecule has 0 aliphatic rings. The largest absolute Gasteiger partial charge is 0.463 e. The number of rotatable bonds is 4. The summed E-state index contributed by atoms with van der Waals surface area (Å²) >= 11 is 17.3. The Kier molecular flexibility index (Phi) is 5.31. The molecule has 1 heterocycles. The van der Waals surface area contributed by atoms with Crippen LogP contribution in [-0.4, -0.2) is 23.7 Å². The molecule has 1 aromatic heterocycles. The van der Waals surface area contributed by atoms with Gasteiger partial charge in [-0.05, 0) is 19.9 Å². The summed E-state index contributed by atoms with van der Waals surface area (Å²) < 4.78 is 10.0. The highest BCUT2D eigenvalue weighted by Crippen LogP contribution is 2.30. The Morgan fingerprint density at radius 1 is 1.41 bits per heavy atom. The second-order valence-corrected chi connectivity index (χ2v) is 4.23. The number of aromatic nitrogens is 1. The van der Waals surface area contributed by atoms with Crippen LogP contribution in [0.5, 0.6) is 5.88 Å². The molecular weight excluding hydrogens is 288 g/mol. The van der Waals surface area contributed by atoms with Crippen LogP contribution in [0.3, 0.4) is 0 Å². The molecule has 94 valence electrons. The van der Waals surface area contributed by atoms with Gasteiger partial charge in [-0.3, -0.25) is 0 Å². The molecule has 0 saturated heterocycles. The number of carbonyl (C=O) groups is 1. The molecular formula is C10H10Cl3NO3. The van der Waals surface area contributed by atoms with Gasteiger partial charge in [-0.15, -0.1) is 0 Å². The van der Waals surface area contributed by atoms with Gasteiger partial charge in [-0.1, -0.05) is 34.8 Å². The molecule has 0 spiro atoms. The van der Waals surface area contributed by atoms with E-state index in [1.165, 1.54) is 13.0 Å². The minimum atomic E-state index is -0.822. The van der Waals surface area contributed by atoms with Gasteiger partial charge in [0.25, 0.3) is 0 Å². The topological polar surface area (TPSA) is 48.4 Å². The molecule has 1 aromatic rings. The van der Waals surface area contributed by atoms with E-state index in [0.29, 0.717) is 0 Å². The van der Waals surface area contributed by atoms with Crippen molar-refractivity contribution in [3.05, 3.63) is 21.3 Å². The van der Waals surface area contributed by atoms with E-state index in [1.54, 1.807) is 6.92 Å². The molecule has 0 amide bonds. The molecule has 0 radical (unpaired) electrons. The zero-order chi connectivity index (χ0) is 13.0. The van der Waals surface area contributed by atoms with Gasteiger partial charge in [-0.2, -0.15) is 4.98 Å². The third-order valence-corrected chi connectivity index (χ3v) is 2.71. The fourth-order valence-corrected chi connectivity index (χ4v) is 1.52. The number of carbonyl (C=O) groups excluding carboxylic acids is 1. The summed E-state index contributed by atoms with van der Waals surface area (Å²) in [6, 6.07) is 1.39. The Bertz CT molecular complexity index is 426. The molecule has 0 fully saturated rings. The lowest BCUT2D eigenvalue weighted by molar-refractivity contribution is -0.150. The molecule has 0 N–H and O–H groups in total. The first-order valence-electron chi connectivity index (χ1n) is 4.80. The lowest BCUT2D eigenvalue weighted by Crippen LogP contribution is -2.26. The predicted molar refractivity (Wildman–Crippen MR) is 66.0 cm³/mol. The third-order valence-electron chi connectivity index (χ3n) is 1.76. The quantitative estimate of drug-likeness (QED) is 0.631. The maximum Gasteiger partial charge on any atom is 0.347 e. The Balaban J connectivity index is 2.81. The molecule has 0 aliphatic heterocycles. The van der Waals surface area contributed by atoms with Gasteiger partial charge < -0.3 is 9.47 Å². The van der Waals surface area contributed by atoms with Crippen LogP contribution in [0.25, 0.3) is 0 Å². The minimum absolute atomic E-state index is 0.0432. The van der Waals surface area contributed by atoms with Crippen LogP contribution in [0.4, 0.5) is 0 Å². The highest BCUT2D eigenvalue weighted by molar-refractivity contribution is 6.42. The van der Waals surface area contributed by atoms with Gasteiger partial charge in [0.15, 0.2) is 11.3 Å². The predicted octanol–water partition coefficient (Wildman–Crippen LogP) is 3.37. The van der Waals surface area contributed by atoms with Crippen molar-refractivity contribution < 1.29 is 14.3 Å². The van der Waals surface area contributed by atoms with E-state index in [4.69, 9.17) is 44.3 Å². The van der Waals surface area contributed by atoms with Gasteiger partial charge in [0.05, 0.1) is 11.6 Å². The summed E-state index contributed by atoms with van der Waals surface area (Å²) in [4.78, 5) is 15.2. The van der Waals surface area contributed by atoms with Gasteiger partial charge in [-0.25, -0.2) is 4.79 Å². The van der Waals surface area contributed by atoms with Crippen molar-refractivity contribution in [1.82, 2.24) is 4.98 Å². The molecule has 1 atom stereocenters. The van der Waals surface area contributed by atoms with Crippen LogP contribution in [0.15, 0.2) is 6.07 Å². The van der Waals surface area contributed by atoms with E-state index in [1.807, 2.05) is 0 Å². The first-order valence-corrected chi connectivity index (χ1v) is 5.94. The Morgan fingerprint density at radius 2 is 2.06 bits per heavy atom. The number of ether oxygens (including phenoxy) is 2. The number of halogens is 3. The van der Waals surface area contributed by atoms with Crippen molar-refractivity contribution in [2.24, 2.45) is 0 Å². The zero-order valence-corrected chi connectivity index (χ0v) is 11.4. The van der Waals surface area contributed by atoms with Crippen molar-refractivity contribution in [1.29, 1.82) is 0 Å². The lowest BCUT2D eigenvalue weighted by Gasteiger charge is -2.13. The maximum atomic E-state index is 11.3. The number of esters is 1. The second-order valence-electron chi connectivity index (χ2n) is 3.06. The van der Waals surface area contributed by atoms with Crippen LogP contribution < -0.4 is 4.74 Å². The van der Waals surface area contributed by atoms with E-state index >= 15 is 0 Å². The molecule has 1 rings (SSSR count). The SMILES string of the molecule is CCOC(=O)C(C)Oc1nc(Cl)c(Cl)cc1Cl. The third kappa shape index (κ3) is 3.91. The van der Waals surface area contributed by atoms with Crippen molar-refractivity contribution >= 4 is 40.8 Å². The van der Waals surface area contributed by atoms with Crippen LogP contribution in [0.1, 0.15) is 13.8 Å². The smallest absolute Gasteiger partial charge is 0.347 e. The Labute approximate surface area is 114 Å². The average Bonchev–Trinajstić information content (AvgIpc) is 2.26. The molecule has 4 nitrogen and oxygen atoms in total. The Morgan fingerprint density at radius 3 is 2.65 bits per heavy atom. The summed E-state index contributed by atoms with van der Waals surface area (Å²) in [7, 11) is 0. The van der Waals surface area contributed by atoms with Crippen molar-refractivity contribution in [2.45, 2.75) is 20.0 Å². The Hall–Kier alpha value is -0.710. The van der Waals surface area contributed by atoms with Crippen LogP contribution in [0.2, 0.25) is 15.2 Å². The molecule has 7 heteroatoms. The number of nitrogens with zero attached hydrogens (tertiary/aromatic N) is 1. The van der Waals surface area contributed by atoms with Gasteiger partial charge in [0, 0.05) is 0 Å². The molecule has 0 bridgehead atoms. The highest BCUT2D eigenvalue weighted by atomic mass is 35.5. The summed E-state index contributed by atoms with van der Waals surface area (Å²) in [6.45, 7) is 3.50. The first-order chi connectivity index (χ1) is 7.95. The summed E-state index contributed by atoms with van der Waals surface area (Å²) in [5, 5.41) is 0.450. The van der Waals surface area contributed by atoms with Crippen molar-refractivity contribution in [2.75, 3.05) is 6.61 Å². The zero-order valence-electron chi connectivity index (χ0n) is 9.17. The van der Waals surface area contributed by atoms with E-state index in [2.05, 4.69) is 4.98 Å². The average molecular weight is 299 g/mol. The van der Waals surface area contributed by atoms with Crippen LogP contribution in [0, 0.1) is 0 Å². The van der Waals surface area contributed by atoms with Crippen LogP contribution >= 0.6 is 34.8 Å². The second kappa shape index (κ2) is 6.28. The minimum Gasteiger partial charge on any atom is -0.463 e. The van der Waals surface area contributed by atoms with Gasteiger partial charge in [0.1, 0.15) is 5.02 Å². The molecule has 1 unspecified atom stereocenters. The summed E-state index contributed by atoms with van der Waals surface area (Å²) in [6.07, 6.45) is -0.822. The standard InChI is InChI=1S/C10H10Cl3NO3/c1-3-16-10(15)5(2)17-9-7(12)4-6(11)8(13)14-9/h4-5H,3H2,1-2H3. The van der Waals surface area contributed by atoms with Gasteiger partial charge in [0.2, 0.25) is 5.88 Å². The summed E-state index contributed by atoms with van der Waals surface area (Å²) in [5.74, 6) is -0.460. The van der Waals surface area contributed by atoms with E-state index < -0.39 is 12.1 Å².